The Kier molecular flexibility index (Phi) is 3.20. The number of carbonyl (C=O) groups excluding carboxylic acids is 1. The van der Waals surface area contributed by atoms with Gasteiger partial charge in [-0.15, -0.1) is 0 Å². The van der Waals surface area contributed by atoms with Crippen molar-refractivity contribution in [3.63, 3.8) is 0 Å². The highest BCUT2D eigenvalue weighted by Gasteiger charge is 2.40. The van der Waals surface area contributed by atoms with Gasteiger partial charge in [-0.25, -0.2) is 0 Å². The molecule has 3 rings (SSSR count). The highest BCUT2D eigenvalue weighted by atomic mass is 32.2. The quantitative estimate of drug-likeness (QED) is 0.835. The minimum atomic E-state index is 0.271. The molecular weight excluding hydrogens is 246 g/mol. The Bertz CT molecular complexity index is 446. The van der Waals surface area contributed by atoms with Crippen molar-refractivity contribution in [2.45, 2.75) is 24.1 Å². The summed E-state index contributed by atoms with van der Waals surface area (Å²) in [4.78, 5) is 14.3. The van der Waals surface area contributed by atoms with Crippen molar-refractivity contribution in [2.75, 3.05) is 19.4 Å². The largest absolute Gasteiger partial charge is 0.497 e. The number of carbonyl (C=O) groups is 1. The molecule has 0 radical (unpaired) electrons. The molecule has 0 aromatic heterocycles. The van der Waals surface area contributed by atoms with Crippen LogP contribution in [0.15, 0.2) is 24.3 Å². The third kappa shape index (κ3) is 2.21. The number of likely N-dealkylation sites (tertiary alicyclic amines) is 1. The second-order valence-electron chi connectivity index (χ2n) is 4.92. The monoisotopic (exact) mass is 263 g/mol. The third-order valence-corrected chi connectivity index (χ3v) is 5.13. The Hall–Kier alpha value is -1.16. The summed E-state index contributed by atoms with van der Waals surface area (Å²) in [5.74, 6) is 2.23. The van der Waals surface area contributed by atoms with Gasteiger partial charge in [-0.3, -0.25) is 4.79 Å². The molecule has 4 heteroatoms. The van der Waals surface area contributed by atoms with Crippen LogP contribution in [0.5, 0.6) is 5.75 Å². The lowest BCUT2D eigenvalue weighted by atomic mass is 10.1. The number of nitrogens with zero attached hydrogens (tertiary/aromatic N) is 1. The van der Waals surface area contributed by atoms with Gasteiger partial charge in [0, 0.05) is 23.6 Å². The van der Waals surface area contributed by atoms with Crippen molar-refractivity contribution in [3.8, 4) is 5.75 Å². The number of hydrogen-bond acceptors (Lipinski definition) is 3. The fourth-order valence-electron chi connectivity index (χ4n) is 2.72. The van der Waals surface area contributed by atoms with Gasteiger partial charge >= 0.3 is 0 Å². The predicted octanol–water partition coefficient (Wildman–Crippen LogP) is 1.95. The molecule has 0 unspecified atom stereocenters. The predicted molar refractivity (Wildman–Crippen MR) is 73.1 cm³/mol. The number of thioether (sulfide) groups is 1. The highest BCUT2D eigenvalue weighted by molar-refractivity contribution is 8.00. The fourth-order valence-corrected chi connectivity index (χ4v) is 4.16. The van der Waals surface area contributed by atoms with E-state index in [9.17, 15) is 4.79 Å². The van der Waals surface area contributed by atoms with Gasteiger partial charge in [-0.2, -0.15) is 11.8 Å². The van der Waals surface area contributed by atoms with E-state index in [1.807, 2.05) is 36.0 Å². The van der Waals surface area contributed by atoms with Crippen LogP contribution in [0.1, 0.15) is 12.0 Å². The van der Waals surface area contributed by atoms with Crippen LogP contribution in [0.3, 0.4) is 0 Å². The lowest BCUT2D eigenvalue weighted by molar-refractivity contribution is -0.130. The normalized spacial score (nSPS) is 25.5. The van der Waals surface area contributed by atoms with E-state index in [0.717, 1.165) is 23.6 Å². The molecule has 18 heavy (non-hydrogen) atoms. The molecule has 0 spiro atoms. The molecule has 2 heterocycles. The molecule has 2 atom stereocenters. The van der Waals surface area contributed by atoms with Crippen molar-refractivity contribution >= 4 is 17.7 Å². The number of fused-ring (bicyclic) bond motifs is 2. The van der Waals surface area contributed by atoms with Crippen LogP contribution in [0.2, 0.25) is 0 Å². The summed E-state index contributed by atoms with van der Waals surface area (Å²) in [6.07, 6.45) is 1.71. The number of methoxy groups -OCH3 is 1. The average molecular weight is 263 g/mol. The number of hydrogen-bond donors (Lipinski definition) is 0. The molecule has 3 nitrogen and oxygen atoms in total. The summed E-state index contributed by atoms with van der Waals surface area (Å²) in [6.45, 7) is 0.949. The number of amides is 1. The SMILES string of the molecule is COc1ccc(CC(=O)N2C[C@H]3C[C@H]2CS3)cc1. The Morgan fingerprint density at radius 3 is 2.78 bits per heavy atom. The van der Waals surface area contributed by atoms with E-state index in [-0.39, 0.29) is 5.91 Å². The van der Waals surface area contributed by atoms with Crippen molar-refractivity contribution in [3.05, 3.63) is 29.8 Å². The molecule has 1 amide bonds. The highest BCUT2D eigenvalue weighted by Crippen LogP contribution is 2.37. The van der Waals surface area contributed by atoms with Crippen LogP contribution >= 0.6 is 11.8 Å². The molecule has 2 saturated heterocycles. The Labute approximate surface area is 111 Å². The molecular formula is C14H17NO2S. The first kappa shape index (κ1) is 11.9. The fraction of sp³-hybridized carbons (Fsp3) is 0.500. The molecule has 2 bridgehead atoms. The number of rotatable bonds is 3. The summed E-state index contributed by atoms with van der Waals surface area (Å²) in [5, 5.41) is 0.690. The zero-order valence-corrected chi connectivity index (χ0v) is 11.3. The van der Waals surface area contributed by atoms with Crippen LogP contribution in [0.4, 0.5) is 0 Å². The van der Waals surface area contributed by atoms with Crippen molar-refractivity contribution in [1.82, 2.24) is 4.90 Å². The number of ether oxygens (including phenoxy) is 1. The topological polar surface area (TPSA) is 29.5 Å². The van der Waals surface area contributed by atoms with Gasteiger partial charge in [-0.05, 0) is 24.1 Å². The van der Waals surface area contributed by atoms with E-state index < -0.39 is 0 Å². The maximum Gasteiger partial charge on any atom is 0.227 e. The van der Waals surface area contributed by atoms with Crippen LogP contribution in [0, 0.1) is 0 Å². The first-order valence-corrected chi connectivity index (χ1v) is 7.35. The zero-order chi connectivity index (χ0) is 12.5. The first-order valence-electron chi connectivity index (χ1n) is 6.30. The van der Waals surface area contributed by atoms with E-state index in [1.165, 1.54) is 6.42 Å². The minimum absolute atomic E-state index is 0.271. The van der Waals surface area contributed by atoms with E-state index in [4.69, 9.17) is 4.74 Å². The molecule has 2 aliphatic rings. The minimum Gasteiger partial charge on any atom is -0.497 e. The summed E-state index contributed by atoms with van der Waals surface area (Å²) in [7, 11) is 1.65. The summed E-state index contributed by atoms with van der Waals surface area (Å²) >= 11 is 2.01. The summed E-state index contributed by atoms with van der Waals surface area (Å²) in [5.41, 5.74) is 1.07. The molecule has 2 fully saturated rings. The first-order chi connectivity index (χ1) is 8.76. The van der Waals surface area contributed by atoms with Gasteiger partial charge in [0.15, 0.2) is 0 Å². The Balaban J connectivity index is 1.63. The number of benzene rings is 1. The van der Waals surface area contributed by atoms with E-state index in [0.29, 0.717) is 17.7 Å². The summed E-state index contributed by atoms with van der Waals surface area (Å²) in [6, 6.07) is 8.26. The molecule has 2 aliphatic heterocycles. The smallest absolute Gasteiger partial charge is 0.227 e. The Morgan fingerprint density at radius 2 is 2.22 bits per heavy atom. The maximum atomic E-state index is 12.2. The standard InChI is InChI=1S/C14H17NO2S/c1-17-12-4-2-10(3-5-12)6-14(16)15-8-13-7-11(15)9-18-13/h2-5,11,13H,6-9H2,1H3/t11-,13+/m0/s1. The van der Waals surface area contributed by atoms with Crippen molar-refractivity contribution in [2.24, 2.45) is 0 Å². The van der Waals surface area contributed by atoms with Crippen LogP contribution in [0.25, 0.3) is 0 Å². The van der Waals surface area contributed by atoms with Crippen LogP contribution in [-0.2, 0) is 11.2 Å². The molecule has 0 N–H and O–H groups in total. The maximum absolute atomic E-state index is 12.2. The molecule has 1 aromatic carbocycles. The average Bonchev–Trinajstić information content (AvgIpc) is 3.02. The van der Waals surface area contributed by atoms with Gasteiger partial charge in [0.25, 0.3) is 0 Å². The lowest BCUT2D eigenvalue weighted by Gasteiger charge is -2.26. The van der Waals surface area contributed by atoms with Crippen LogP contribution in [-0.4, -0.2) is 41.5 Å². The van der Waals surface area contributed by atoms with E-state index in [1.54, 1.807) is 7.11 Å². The van der Waals surface area contributed by atoms with Gasteiger partial charge < -0.3 is 9.64 Å². The van der Waals surface area contributed by atoms with Gasteiger partial charge in [0.1, 0.15) is 5.75 Å². The van der Waals surface area contributed by atoms with Crippen LogP contribution < -0.4 is 4.74 Å². The molecule has 96 valence electrons. The summed E-state index contributed by atoms with van der Waals surface area (Å²) < 4.78 is 5.12. The van der Waals surface area contributed by atoms with Gasteiger partial charge in [0.2, 0.25) is 5.91 Å². The van der Waals surface area contributed by atoms with E-state index in [2.05, 4.69) is 4.90 Å². The van der Waals surface area contributed by atoms with Crippen molar-refractivity contribution < 1.29 is 9.53 Å². The molecule has 0 saturated carbocycles. The Morgan fingerprint density at radius 1 is 1.44 bits per heavy atom. The van der Waals surface area contributed by atoms with Gasteiger partial charge in [-0.1, -0.05) is 12.1 Å². The third-order valence-electron chi connectivity index (χ3n) is 3.74. The zero-order valence-electron chi connectivity index (χ0n) is 10.5. The second kappa shape index (κ2) is 4.84. The molecule has 0 aliphatic carbocycles. The second-order valence-corrected chi connectivity index (χ2v) is 6.25. The molecule has 1 aromatic rings. The lowest BCUT2D eigenvalue weighted by Crippen LogP contribution is -2.40. The van der Waals surface area contributed by atoms with Crippen molar-refractivity contribution in [1.29, 1.82) is 0 Å². The van der Waals surface area contributed by atoms with E-state index >= 15 is 0 Å². The van der Waals surface area contributed by atoms with Gasteiger partial charge in [0.05, 0.1) is 13.5 Å².